The van der Waals surface area contributed by atoms with E-state index >= 15 is 0 Å². The van der Waals surface area contributed by atoms with Gasteiger partial charge in [-0.15, -0.1) is 0 Å². The van der Waals surface area contributed by atoms with Gasteiger partial charge in [-0.3, -0.25) is 4.79 Å². The molecule has 2 N–H and O–H groups in total. The molecule has 0 heterocycles. The number of benzene rings is 2. The first-order valence-electron chi connectivity index (χ1n) is 7.36. The van der Waals surface area contributed by atoms with Gasteiger partial charge >= 0.3 is 5.97 Å². The van der Waals surface area contributed by atoms with Gasteiger partial charge in [-0.05, 0) is 36.7 Å². The van der Waals surface area contributed by atoms with Crippen molar-refractivity contribution in [3.8, 4) is 5.75 Å². The van der Waals surface area contributed by atoms with E-state index in [1.807, 2.05) is 36.4 Å². The molecule has 0 bridgehead atoms. The van der Waals surface area contributed by atoms with E-state index in [0.29, 0.717) is 25.1 Å². The number of rotatable bonds is 7. The molecule has 1 unspecified atom stereocenters. The Morgan fingerprint density at radius 1 is 1.18 bits per heavy atom. The molecule has 0 saturated heterocycles. The summed E-state index contributed by atoms with van der Waals surface area (Å²) in [7, 11) is 1.77. The molecular weight excluding hydrogens is 278 g/mol. The molecule has 0 amide bonds. The van der Waals surface area contributed by atoms with Crippen molar-refractivity contribution in [3.05, 3.63) is 65.7 Å². The SMILES string of the molecule is CNCC(O)c1cccc(OC(=O)CCc2ccccc2)c1. The molecular formula is C18H21NO3. The Labute approximate surface area is 130 Å². The Hall–Kier alpha value is -2.17. The predicted octanol–water partition coefficient (Wildman–Crippen LogP) is 2.48. The number of hydrogen-bond donors (Lipinski definition) is 2. The number of nitrogens with one attached hydrogen (secondary N) is 1. The molecule has 0 aromatic heterocycles. The average molecular weight is 299 g/mol. The molecule has 2 aromatic carbocycles. The van der Waals surface area contributed by atoms with Crippen LogP contribution in [-0.2, 0) is 11.2 Å². The van der Waals surface area contributed by atoms with Crippen molar-refractivity contribution in [2.75, 3.05) is 13.6 Å². The summed E-state index contributed by atoms with van der Waals surface area (Å²) in [5, 5.41) is 12.8. The van der Waals surface area contributed by atoms with E-state index in [1.54, 1.807) is 25.2 Å². The lowest BCUT2D eigenvalue weighted by Gasteiger charge is -2.11. The second kappa shape index (κ2) is 8.32. The van der Waals surface area contributed by atoms with Crippen LogP contribution in [0.25, 0.3) is 0 Å². The second-order valence-corrected chi connectivity index (χ2v) is 5.11. The number of aliphatic hydroxyl groups excluding tert-OH is 1. The van der Waals surface area contributed by atoms with Gasteiger partial charge in [0.05, 0.1) is 6.10 Å². The first-order chi connectivity index (χ1) is 10.7. The number of esters is 1. The summed E-state index contributed by atoms with van der Waals surface area (Å²) in [5.41, 5.74) is 1.83. The van der Waals surface area contributed by atoms with E-state index in [4.69, 9.17) is 4.74 Å². The molecule has 0 aliphatic carbocycles. The van der Waals surface area contributed by atoms with Gasteiger partial charge in [0.25, 0.3) is 0 Å². The summed E-state index contributed by atoms with van der Waals surface area (Å²) in [5.74, 6) is 0.190. The van der Waals surface area contributed by atoms with Gasteiger partial charge in [0.15, 0.2) is 0 Å². The van der Waals surface area contributed by atoms with Crippen LogP contribution in [0, 0.1) is 0 Å². The molecule has 116 valence electrons. The lowest BCUT2D eigenvalue weighted by Crippen LogP contribution is -2.16. The van der Waals surface area contributed by atoms with Gasteiger partial charge in [-0.2, -0.15) is 0 Å². The first kappa shape index (κ1) is 16.2. The van der Waals surface area contributed by atoms with Gasteiger partial charge < -0.3 is 15.2 Å². The Morgan fingerprint density at radius 3 is 2.68 bits per heavy atom. The van der Waals surface area contributed by atoms with Crippen molar-refractivity contribution >= 4 is 5.97 Å². The number of aryl methyl sites for hydroxylation is 1. The van der Waals surface area contributed by atoms with E-state index in [0.717, 1.165) is 11.1 Å². The van der Waals surface area contributed by atoms with E-state index in [-0.39, 0.29) is 5.97 Å². The zero-order valence-electron chi connectivity index (χ0n) is 12.7. The van der Waals surface area contributed by atoms with Crippen LogP contribution in [0.15, 0.2) is 54.6 Å². The summed E-state index contributed by atoms with van der Waals surface area (Å²) >= 11 is 0. The maximum absolute atomic E-state index is 11.9. The van der Waals surface area contributed by atoms with Gasteiger partial charge in [-0.25, -0.2) is 0 Å². The Bertz CT molecular complexity index is 598. The van der Waals surface area contributed by atoms with Crippen molar-refractivity contribution in [1.29, 1.82) is 0 Å². The Morgan fingerprint density at radius 2 is 1.95 bits per heavy atom. The van der Waals surface area contributed by atoms with Gasteiger partial charge in [-0.1, -0.05) is 42.5 Å². The standard InChI is InChI=1S/C18H21NO3/c1-19-13-17(20)15-8-5-9-16(12-15)22-18(21)11-10-14-6-3-2-4-7-14/h2-9,12,17,19-20H,10-11,13H2,1H3. The molecule has 1 atom stereocenters. The molecule has 2 aromatic rings. The molecule has 0 aliphatic rings. The van der Waals surface area contributed by atoms with Crippen molar-refractivity contribution in [2.24, 2.45) is 0 Å². The van der Waals surface area contributed by atoms with E-state index < -0.39 is 6.10 Å². The number of aliphatic hydroxyl groups is 1. The van der Waals surface area contributed by atoms with Crippen LogP contribution >= 0.6 is 0 Å². The molecule has 0 saturated carbocycles. The van der Waals surface area contributed by atoms with E-state index in [1.165, 1.54) is 0 Å². The lowest BCUT2D eigenvalue weighted by molar-refractivity contribution is -0.134. The van der Waals surface area contributed by atoms with Crippen molar-refractivity contribution in [1.82, 2.24) is 5.32 Å². The quantitative estimate of drug-likeness (QED) is 0.609. The van der Waals surface area contributed by atoms with Crippen molar-refractivity contribution < 1.29 is 14.6 Å². The molecule has 0 spiro atoms. The molecule has 0 radical (unpaired) electrons. The van der Waals surface area contributed by atoms with E-state index in [9.17, 15) is 9.90 Å². The summed E-state index contributed by atoms with van der Waals surface area (Å²) in [4.78, 5) is 11.9. The minimum absolute atomic E-state index is 0.274. The summed E-state index contributed by atoms with van der Waals surface area (Å²) < 4.78 is 5.33. The third kappa shape index (κ3) is 4.98. The average Bonchev–Trinajstić information content (AvgIpc) is 2.54. The fourth-order valence-electron chi connectivity index (χ4n) is 2.17. The number of carbonyl (C=O) groups is 1. The van der Waals surface area contributed by atoms with Gasteiger partial charge in [0.1, 0.15) is 5.75 Å². The molecule has 0 fully saturated rings. The molecule has 0 aliphatic heterocycles. The van der Waals surface area contributed by atoms with Crippen LogP contribution < -0.4 is 10.1 Å². The van der Waals surface area contributed by atoms with Gasteiger partial charge in [0.2, 0.25) is 0 Å². The summed E-state index contributed by atoms with van der Waals surface area (Å²) in [6, 6.07) is 16.8. The highest BCUT2D eigenvalue weighted by Gasteiger charge is 2.10. The van der Waals surface area contributed by atoms with Gasteiger partial charge in [0, 0.05) is 13.0 Å². The highest BCUT2D eigenvalue weighted by molar-refractivity contribution is 5.72. The van der Waals surface area contributed by atoms with Crippen LogP contribution in [0.5, 0.6) is 5.75 Å². The van der Waals surface area contributed by atoms with Crippen LogP contribution in [0.1, 0.15) is 23.7 Å². The van der Waals surface area contributed by atoms with E-state index in [2.05, 4.69) is 5.32 Å². The van der Waals surface area contributed by atoms with Crippen molar-refractivity contribution in [3.63, 3.8) is 0 Å². The van der Waals surface area contributed by atoms with Crippen LogP contribution in [0.2, 0.25) is 0 Å². The minimum Gasteiger partial charge on any atom is -0.427 e. The van der Waals surface area contributed by atoms with Crippen LogP contribution in [0.3, 0.4) is 0 Å². The Balaban J connectivity index is 1.90. The summed E-state index contributed by atoms with van der Waals surface area (Å²) in [6.45, 7) is 0.450. The van der Waals surface area contributed by atoms with Crippen LogP contribution in [-0.4, -0.2) is 24.7 Å². The number of hydrogen-bond acceptors (Lipinski definition) is 4. The highest BCUT2D eigenvalue weighted by Crippen LogP contribution is 2.19. The third-order valence-corrected chi connectivity index (χ3v) is 3.33. The lowest BCUT2D eigenvalue weighted by atomic mass is 10.1. The topological polar surface area (TPSA) is 58.6 Å². The molecule has 2 rings (SSSR count). The number of ether oxygens (including phenoxy) is 1. The monoisotopic (exact) mass is 299 g/mol. The predicted molar refractivity (Wildman–Crippen MR) is 85.7 cm³/mol. The maximum atomic E-state index is 11.9. The minimum atomic E-state index is -0.618. The third-order valence-electron chi connectivity index (χ3n) is 3.33. The summed E-state index contributed by atoms with van der Waals surface area (Å²) in [6.07, 6.45) is 0.364. The number of likely N-dealkylation sites (N-methyl/N-ethyl adjacent to an activating group) is 1. The maximum Gasteiger partial charge on any atom is 0.311 e. The zero-order chi connectivity index (χ0) is 15.8. The highest BCUT2D eigenvalue weighted by atomic mass is 16.5. The first-order valence-corrected chi connectivity index (χ1v) is 7.36. The largest absolute Gasteiger partial charge is 0.427 e. The normalized spacial score (nSPS) is 11.9. The number of carbonyl (C=O) groups excluding carboxylic acids is 1. The zero-order valence-corrected chi connectivity index (χ0v) is 12.7. The van der Waals surface area contributed by atoms with Crippen molar-refractivity contribution in [2.45, 2.75) is 18.9 Å². The smallest absolute Gasteiger partial charge is 0.311 e. The Kier molecular flexibility index (Phi) is 6.13. The molecule has 4 nitrogen and oxygen atoms in total. The fourth-order valence-corrected chi connectivity index (χ4v) is 2.17. The molecule has 4 heteroatoms. The molecule has 22 heavy (non-hydrogen) atoms. The fraction of sp³-hybridized carbons (Fsp3) is 0.278. The van der Waals surface area contributed by atoms with Crippen LogP contribution in [0.4, 0.5) is 0 Å². The second-order valence-electron chi connectivity index (χ2n) is 5.11.